The molecule has 5 heterocycles. The molecule has 2 aliphatic rings. The normalized spacial score (nSPS) is 18.3. The standard InChI is InChI=1S/C15H23N3O2S.C14H14N4.CH4S/c19-11-12-1-5-17(9-12)10-14(20)13-2-6-18(7-3-13)15-16-4-8-21-15;1-9-7-10(5-6-16-9)14-12-8-11(15-2)3-4-13(12)17-18-14;1-2/h4,8,11-14,20H,1-3,5-7,9-10H2;3-8,15H,1-2H3,(H,17,18);2H,1H3. The minimum atomic E-state index is -0.270. The number of nitrogens with zero attached hydrogens (tertiary/aromatic N) is 5. The van der Waals surface area contributed by atoms with Crippen LogP contribution in [-0.2, 0) is 4.79 Å². The van der Waals surface area contributed by atoms with Gasteiger partial charge in [-0.15, -0.1) is 11.3 Å². The third-order valence-electron chi connectivity index (χ3n) is 7.74. The van der Waals surface area contributed by atoms with Crippen LogP contribution in [0, 0.1) is 18.8 Å². The molecular formula is C30H41N7O2S2. The number of aromatic amines is 1. The Morgan fingerprint density at radius 3 is 2.61 bits per heavy atom. The van der Waals surface area contributed by atoms with E-state index in [0.717, 1.165) is 90.4 Å². The molecule has 41 heavy (non-hydrogen) atoms. The smallest absolute Gasteiger partial charge is 0.185 e. The van der Waals surface area contributed by atoms with E-state index in [4.69, 9.17) is 0 Å². The molecule has 2 fully saturated rings. The van der Waals surface area contributed by atoms with E-state index in [0.29, 0.717) is 12.5 Å². The number of aldehydes is 1. The van der Waals surface area contributed by atoms with E-state index < -0.39 is 0 Å². The zero-order valence-corrected chi connectivity index (χ0v) is 25.7. The molecule has 0 spiro atoms. The summed E-state index contributed by atoms with van der Waals surface area (Å²) in [5, 5.41) is 25.3. The molecule has 0 saturated carbocycles. The molecule has 2 unspecified atom stereocenters. The van der Waals surface area contributed by atoms with Crippen molar-refractivity contribution in [2.75, 3.05) is 56.2 Å². The number of H-pyrrole nitrogens is 1. The number of piperidine rings is 1. The average Bonchev–Trinajstić information content (AvgIpc) is 3.80. The van der Waals surface area contributed by atoms with E-state index in [-0.39, 0.29) is 12.0 Å². The number of carbonyl (C=O) groups excluding carboxylic acids is 1. The Labute approximate surface area is 251 Å². The van der Waals surface area contributed by atoms with E-state index in [9.17, 15) is 9.90 Å². The van der Waals surface area contributed by atoms with Gasteiger partial charge in [0.25, 0.3) is 0 Å². The van der Waals surface area contributed by atoms with Crippen LogP contribution in [0.1, 0.15) is 25.0 Å². The number of thiol groups is 1. The van der Waals surface area contributed by atoms with Crippen LogP contribution in [0.3, 0.4) is 0 Å². The second-order valence-electron chi connectivity index (χ2n) is 10.4. The van der Waals surface area contributed by atoms with Crippen LogP contribution in [0.5, 0.6) is 0 Å². The van der Waals surface area contributed by atoms with Crippen LogP contribution in [0.25, 0.3) is 22.2 Å². The van der Waals surface area contributed by atoms with Gasteiger partial charge in [0.2, 0.25) is 0 Å². The highest BCUT2D eigenvalue weighted by atomic mass is 32.1. The second kappa shape index (κ2) is 15.3. The maximum absolute atomic E-state index is 10.8. The lowest BCUT2D eigenvalue weighted by atomic mass is 9.91. The van der Waals surface area contributed by atoms with Gasteiger partial charge in [0, 0.05) is 79.2 Å². The number of carbonyl (C=O) groups is 1. The van der Waals surface area contributed by atoms with E-state index in [1.807, 2.05) is 56.0 Å². The van der Waals surface area contributed by atoms with Gasteiger partial charge >= 0.3 is 0 Å². The molecule has 6 rings (SSSR count). The van der Waals surface area contributed by atoms with Crippen molar-refractivity contribution in [1.29, 1.82) is 0 Å². The van der Waals surface area contributed by atoms with Gasteiger partial charge < -0.3 is 25.0 Å². The molecule has 2 saturated heterocycles. The van der Waals surface area contributed by atoms with E-state index in [1.54, 1.807) is 17.6 Å². The Kier molecular flexibility index (Phi) is 11.6. The highest BCUT2D eigenvalue weighted by Crippen LogP contribution is 2.29. The number of aryl methyl sites for hydroxylation is 1. The largest absolute Gasteiger partial charge is 0.392 e. The Bertz CT molecular complexity index is 1360. The summed E-state index contributed by atoms with van der Waals surface area (Å²) in [7, 11) is 1.91. The number of thiazole rings is 1. The molecule has 4 aromatic rings. The molecule has 3 aromatic heterocycles. The third-order valence-corrected chi connectivity index (χ3v) is 8.57. The summed E-state index contributed by atoms with van der Waals surface area (Å²) >= 11 is 5.21. The summed E-state index contributed by atoms with van der Waals surface area (Å²) in [4.78, 5) is 23.9. The molecule has 2 aliphatic heterocycles. The van der Waals surface area contributed by atoms with Crippen molar-refractivity contribution in [1.82, 2.24) is 25.1 Å². The van der Waals surface area contributed by atoms with Crippen molar-refractivity contribution in [3.05, 3.63) is 53.8 Å². The van der Waals surface area contributed by atoms with Crippen molar-refractivity contribution in [3.8, 4) is 11.3 Å². The Morgan fingerprint density at radius 2 is 1.95 bits per heavy atom. The van der Waals surface area contributed by atoms with Crippen LogP contribution in [0.4, 0.5) is 10.8 Å². The van der Waals surface area contributed by atoms with Crippen LogP contribution in [0.15, 0.2) is 48.1 Å². The monoisotopic (exact) mass is 595 g/mol. The lowest BCUT2D eigenvalue weighted by Crippen LogP contribution is -2.42. The number of hydrogen-bond acceptors (Lipinski definition) is 10. The number of anilines is 2. The summed E-state index contributed by atoms with van der Waals surface area (Å²) in [6.07, 6.45) is 9.12. The number of nitrogens with one attached hydrogen (secondary N) is 2. The van der Waals surface area contributed by atoms with Gasteiger partial charge in [-0.25, -0.2) is 4.98 Å². The summed E-state index contributed by atoms with van der Waals surface area (Å²) in [6.45, 7) is 6.42. The molecule has 0 bridgehead atoms. The molecule has 9 nitrogen and oxygen atoms in total. The zero-order valence-electron chi connectivity index (χ0n) is 24.0. The van der Waals surface area contributed by atoms with Gasteiger partial charge in [0.15, 0.2) is 5.13 Å². The minimum absolute atomic E-state index is 0.170. The van der Waals surface area contributed by atoms with Crippen molar-refractivity contribution < 1.29 is 9.90 Å². The summed E-state index contributed by atoms with van der Waals surface area (Å²) in [5.74, 6) is 0.542. The van der Waals surface area contributed by atoms with Gasteiger partial charge in [-0.3, -0.25) is 10.1 Å². The number of aliphatic hydroxyl groups excluding tert-OH is 1. The molecule has 0 radical (unpaired) electrons. The highest BCUT2D eigenvalue weighted by Gasteiger charge is 2.30. The fraction of sp³-hybridized carbons (Fsp3) is 0.467. The number of aliphatic hydroxyl groups is 1. The number of rotatable bonds is 7. The number of aromatic nitrogens is 4. The predicted molar refractivity (Wildman–Crippen MR) is 172 cm³/mol. The van der Waals surface area contributed by atoms with Crippen molar-refractivity contribution in [2.24, 2.45) is 11.8 Å². The van der Waals surface area contributed by atoms with Crippen LogP contribution in [0.2, 0.25) is 0 Å². The molecule has 220 valence electrons. The number of likely N-dealkylation sites (tertiary alicyclic amines) is 1. The summed E-state index contributed by atoms with van der Waals surface area (Å²) in [5.41, 5.74) is 5.16. The predicted octanol–water partition coefficient (Wildman–Crippen LogP) is 4.76. The van der Waals surface area contributed by atoms with Crippen molar-refractivity contribution in [2.45, 2.75) is 32.3 Å². The fourth-order valence-corrected chi connectivity index (χ4v) is 6.18. The zero-order chi connectivity index (χ0) is 29.2. The van der Waals surface area contributed by atoms with E-state index in [1.165, 1.54) is 0 Å². The van der Waals surface area contributed by atoms with Crippen LogP contribution in [-0.4, -0.2) is 88.6 Å². The maximum atomic E-state index is 10.8. The quantitative estimate of drug-likeness (QED) is 0.179. The van der Waals surface area contributed by atoms with E-state index >= 15 is 0 Å². The van der Waals surface area contributed by atoms with Gasteiger partial charge in [-0.2, -0.15) is 17.7 Å². The fourth-order valence-electron chi connectivity index (χ4n) is 5.48. The lowest BCUT2D eigenvalue weighted by molar-refractivity contribution is -0.110. The van der Waals surface area contributed by atoms with Crippen LogP contribution >= 0.6 is 24.0 Å². The van der Waals surface area contributed by atoms with Gasteiger partial charge in [0.05, 0.1) is 11.6 Å². The summed E-state index contributed by atoms with van der Waals surface area (Å²) < 4.78 is 0. The third kappa shape index (κ3) is 8.06. The molecule has 3 N–H and O–H groups in total. The van der Waals surface area contributed by atoms with Gasteiger partial charge in [-0.05, 0) is 75.2 Å². The molecular weight excluding hydrogens is 555 g/mol. The Balaban J connectivity index is 0.000000180. The minimum Gasteiger partial charge on any atom is -0.392 e. The Hall–Kier alpha value is -2.99. The number of fused-ring (bicyclic) bond motifs is 1. The van der Waals surface area contributed by atoms with Gasteiger partial charge in [0.1, 0.15) is 12.0 Å². The SMILES string of the molecule is CNc1ccc2[nH]nc(-c3ccnc(C)c3)c2c1.CS.O=CC1CCN(CC(O)C2CCN(c3nccs3)CC2)C1. The first-order valence-corrected chi connectivity index (χ1v) is 15.8. The second-order valence-corrected chi connectivity index (χ2v) is 11.3. The highest BCUT2D eigenvalue weighted by molar-refractivity contribution is 7.79. The average molecular weight is 596 g/mol. The Morgan fingerprint density at radius 1 is 1.15 bits per heavy atom. The first kappa shape index (κ1) is 31.0. The molecule has 1 aromatic carbocycles. The van der Waals surface area contributed by atoms with E-state index in [2.05, 4.69) is 54.0 Å². The first-order valence-electron chi connectivity index (χ1n) is 14.1. The number of β-amino-alcohol motifs (C(OH)–C–C–N with tert-alkyl or cyclic N) is 1. The lowest BCUT2D eigenvalue weighted by Gasteiger charge is -2.35. The van der Waals surface area contributed by atoms with Crippen molar-refractivity contribution >= 4 is 52.0 Å². The maximum Gasteiger partial charge on any atom is 0.185 e. The summed E-state index contributed by atoms with van der Waals surface area (Å²) in [6, 6.07) is 10.2. The topological polar surface area (TPSA) is 110 Å². The van der Waals surface area contributed by atoms with Crippen LogP contribution < -0.4 is 10.2 Å². The first-order chi connectivity index (χ1) is 20.0. The molecule has 0 amide bonds. The van der Waals surface area contributed by atoms with Crippen molar-refractivity contribution in [3.63, 3.8) is 0 Å². The molecule has 11 heteroatoms. The van der Waals surface area contributed by atoms with Gasteiger partial charge in [-0.1, -0.05) is 0 Å². The number of benzene rings is 1. The number of pyridine rings is 1. The number of hydrogen-bond donors (Lipinski definition) is 4. The molecule has 0 aliphatic carbocycles. The molecule has 2 atom stereocenters.